The predicted octanol–water partition coefficient (Wildman–Crippen LogP) is 1.40. The molecule has 4 rings (SSSR count). The van der Waals surface area contributed by atoms with E-state index < -0.39 is 22.7 Å². The molecule has 0 bridgehead atoms. The Balaban J connectivity index is 1.47. The van der Waals surface area contributed by atoms with Gasteiger partial charge in [0.1, 0.15) is 11.9 Å². The van der Waals surface area contributed by atoms with Gasteiger partial charge in [-0.05, 0) is 24.6 Å². The maximum Gasteiger partial charge on any atom is 0.414 e. The van der Waals surface area contributed by atoms with Crippen LogP contribution >= 0.6 is 0 Å². The Morgan fingerprint density at radius 1 is 1.30 bits per heavy atom. The molecule has 2 saturated heterocycles. The summed E-state index contributed by atoms with van der Waals surface area (Å²) in [7, 11) is -0.833. The van der Waals surface area contributed by atoms with Crippen molar-refractivity contribution in [2.75, 3.05) is 40.9 Å². The zero-order chi connectivity index (χ0) is 18.8. The number of rotatable bonds is 4. The first kappa shape index (κ1) is 17.9. The highest BCUT2D eigenvalue weighted by Gasteiger charge is 2.33. The summed E-state index contributed by atoms with van der Waals surface area (Å²) in [5, 5.41) is 7.59. The van der Waals surface area contributed by atoms with Gasteiger partial charge in [-0.3, -0.25) is 9.11 Å². The topological polar surface area (TPSA) is 80.6 Å². The van der Waals surface area contributed by atoms with Gasteiger partial charge in [0.25, 0.3) is 0 Å². The molecule has 1 unspecified atom stereocenters. The number of hydrogen-bond donors (Lipinski definition) is 0. The largest absolute Gasteiger partial charge is 0.442 e. The van der Waals surface area contributed by atoms with Crippen molar-refractivity contribution in [3.05, 3.63) is 36.4 Å². The third-order valence-corrected chi connectivity index (χ3v) is 6.09. The van der Waals surface area contributed by atoms with Crippen LogP contribution in [-0.2, 0) is 22.1 Å². The molecule has 0 saturated carbocycles. The number of nitrogens with zero attached hydrogens (tertiary/aromatic N) is 5. The van der Waals surface area contributed by atoms with Crippen LogP contribution in [0.4, 0.5) is 20.6 Å². The van der Waals surface area contributed by atoms with Gasteiger partial charge >= 0.3 is 6.09 Å². The molecule has 0 radical (unpaired) electrons. The van der Waals surface area contributed by atoms with Crippen molar-refractivity contribution in [2.24, 2.45) is 0 Å². The molecule has 10 heteroatoms. The number of carbonyl (C=O) groups excluding carboxylic acids is 1. The van der Waals surface area contributed by atoms with Crippen LogP contribution in [0.5, 0.6) is 0 Å². The van der Waals surface area contributed by atoms with E-state index in [0.29, 0.717) is 49.1 Å². The summed E-state index contributed by atoms with van der Waals surface area (Å²) in [4.78, 5) is 15.5. The first-order valence-electron chi connectivity index (χ1n) is 8.82. The van der Waals surface area contributed by atoms with E-state index in [2.05, 4.69) is 10.3 Å². The molecule has 1 amide bonds. The van der Waals surface area contributed by atoms with Crippen LogP contribution in [0.2, 0.25) is 0 Å². The van der Waals surface area contributed by atoms with E-state index in [1.165, 1.54) is 11.0 Å². The number of carbonyl (C=O) groups is 1. The Hall–Kier alpha value is -2.49. The summed E-state index contributed by atoms with van der Waals surface area (Å²) in [6.45, 7) is 1.95. The lowest BCUT2D eigenvalue weighted by Gasteiger charge is -2.23. The molecule has 2 aliphatic heterocycles. The van der Waals surface area contributed by atoms with Gasteiger partial charge in [0.05, 0.1) is 30.7 Å². The fraction of sp³-hybridized carbons (Fsp3) is 0.471. The summed E-state index contributed by atoms with van der Waals surface area (Å²) >= 11 is 0. The van der Waals surface area contributed by atoms with Crippen molar-refractivity contribution in [3.63, 3.8) is 0 Å². The lowest BCUT2D eigenvalue weighted by Crippen LogP contribution is -2.28. The Morgan fingerprint density at radius 2 is 2.19 bits per heavy atom. The zero-order valence-electron chi connectivity index (χ0n) is 14.7. The summed E-state index contributed by atoms with van der Waals surface area (Å²) in [5.74, 6) is 0.805. The summed E-state index contributed by atoms with van der Waals surface area (Å²) in [6.07, 6.45) is 3.15. The third-order valence-electron chi connectivity index (χ3n) is 4.71. The number of amides is 1. The van der Waals surface area contributed by atoms with Crippen molar-refractivity contribution in [1.29, 1.82) is 0 Å². The fourth-order valence-corrected chi connectivity index (χ4v) is 4.45. The van der Waals surface area contributed by atoms with Gasteiger partial charge in [0, 0.05) is 41.6 Å². The molecule has 2 atom stereocenters. The maximum atomic E-state index is 14.7. The van der Waals surface area contributed by atoms with E-state index in [9.17, 15) is 13.4 Å². The second-order valence-corrected chi connectivity index (χ2v) is 8.26. The van der Waals surface area contributed by atoms with Crippen LogP contribution in [0, 0.1) is 5.82 Å². The van der Waals surface area contributed by atoms with Gasteiger partial charge in [-0.2, -0.15) is 0 Å². The molecule has 2 fully saturated rings. The molecule has 2 aliphatic rings. The Morgan fingerprint density at radius 3 is 2.96 bits per heavy atom. The van der Waals surface area contributed by atoms with Crippen LogP contribution in [0.25, 0.3) is 0 Å². The lowest BCUT2D eigenvalue weighted by atomic mass is 10.2. The minimum Gasteiger partial charge on any atom is -0.442 e. The van der Waals surface area contributed by atoms with Gasteiger partial charge in [-0.15, -0.1) is 5.10 Å². The molecule has 2 aromatic rings. The van der Waals surface area contributed by atoms with Crippen LogP contribution in [-0.4, -0.2) is 62.5 Å². The molecule has 0 N–H and O–H groups in total. The number of halogens is 1. The van der Waals surface area contributed by atoms with Crippen LogP contribution in [0.15, 0.2) is 30.6 Å². The highest BCUT2D eigenvalue weighted by molar-refractivity contribution is 7.85. The van der Waals surface area contributed by atoms with Crippen molar-refractivity contribution in [2.45, 2.75) is 19.1 Å². The summed E-state index contributed by atoms with van der Waals surface area (Å²) in [6, 6.07) is 4.76. The average molecular weight is 393 g/mol. The zero-order valence-corrected chi connectivity index (χ0v) is 15.5. The van der Waals surface area contributed by atoms with E-state index in [0.717, 1.165) is 6.42 Å². The summed E-state index contributed by atoms with van der Waals surface area (Å²) < 4.78 is 33.3. The number of aromatic nitrogens is 3. The molecule has 1 aromatic heterocycles. The van der Waals surface area contributed by atoms with Crippen molar-refractivity contribution >= 4 is 28.3 Å². The minimum atomic E-state index is -0.833. The summed E-state index contributed by atoms with van der Waals surface area (Å²) in [5.41, 5.74) is 0.935. The van der Waals surface area contributed by atoms with Gasteiger partial charge < -0.3 is 9.64 Å². The third kappa shape index (κ3) is 3.95. The van der Waals surface area contributed by atoms with Gasteiger partial charge in [-0.1, -0.05) is 5.21 Å². The predicted molar refractivity (Wildman–Crippen MR) is 98.7 cm³/mol. The van der Waals surface area contributed by atoms with E-state index in [4.69, 9.17) is 4.74 Å². The highest BCUT2D eigenvalue weighted by atomic mass is 32.2. The molecule has 144 valence electrons. The normalized spacial score (nSPS) is 23.4. The van der Waals surface area contributed by atoms with Crippen LogP contribution < -0.4 is 9.80 Å². The molecule has 0 aliphatic carbocycles. The smallest absolute Gasteiger partial charge is 0.414 e. The molecule has 8 nitrogen and oxygen atoms in total. The first-order valence-corrected chi connectivity index (χ1v) is 10.3. The van der Waals surface area contributed by atoms with E-state index in [-0.39, 0.29) is 6.10 Å². The number of anilines is 2. The first-order chi connectivity index (χ1) is 13.1. The van der Waals surface area contributed by atoms with Gasteiger partial charge in [0.15, 0.2) is 0 Å². The number of hydrogen-bond acceptors (Lipinski definition) is 6. The molecule has 3 heterocycles. The van der Waals surface area contributed by atoms with E-state index in [1.54, 1.807) is 29.2 Å². The van der Waals surface area contributed by atoms with Crippen LogP contribution in [0.1, 0.15) is 6.42 Å². The highest BCUT2D eigenvalue weighted by Crippen LogP contribution is 2.28. The second kappa shape index (κ2) is 7.63. The molecule has 27 heavy (non-hydrogen) atoms. The molecule has 0 spiro atoms. The number of ether oxygens (including phenoxy) is 1. The average Bonchev–Trinajstić information content (AvgIpc) is 3.22. The SMILES string of the molecule is O=C1O[C@@H](Cn2ccnn2)CN1c1ccc(N2CCCS(=O)CC2)c(F)c1. The number of benzene rings is 1. The number of cyclic esters (lactones) is 1. The lowest BCUT2D eigenvalue weighted by molar-refractivity contribution is 0.129. The van der Waals surface area contributed by atoms with Gasteiger partial charge in [-0.25, -0.2) is 13.9 Å². The fourth-order valence-electron chi connectivity index (χ4n) is 3.37. The van der Waals surface area contributed by atoms with Gasteiger partial charge in [0.2, 0.25) is 0 Å². The maximum absolute atomic E-state index is 14.7. The van der Waals surface area contributed by atoms with Crippen molar-refractivity contribution < 1.29 is 18.1 Å². The van der Waals surface area contributed by atoms with Crippen LogP contribution in [0.3, 0.4) is 0 Å². The van der Waals surface area contributed by atoms with E-state index >= 15 is 0 Å². The Labute approximate surface area is 158 Å². The molecule has 1 aromatic carbocycles. The Kier molecular flexibility index (Phi) is 5.06. The molecular formula is C17H20FN5O3S. The van der Waals surface area contributed by atoms with Crippen molar-refractivity contribution in [3.8, 4) is 0 Å². The molecular weight excluding hydrogens is 373 g/mol. The standard InChI is InChI=1S/C17H20FN5O3S/c18-15-10-13(2-3-16(15)21-5-1-8-27(25)9-7-21)23-12-14(26-17(23)24)11-22-6-4-19-20-22/h2-4,6,10,14H,1,5,7-9,11-12H2/t14-,27?/m0/s1. The van der Waals surface area contributed by atoms with E-state index in [1.807, 2.05) is 4.90 Å². The quantitative estimate of drug-likeness (QED) is 0.781. The minimum absolute atomic E-state index is 0.320. The monoisotopic (exact) mass is 393 g/mol. The van der Waals surface area contributed by atoms with Crippen molar-refractivity contribution in [1.82, 2.24) is 15.0 Å². The second-order valence-electron chi connectivity index (χ2n) is 6.57. The Bertz CT molecular complexity index is 847.